The number of aromatic nitrogens is 1. The van der Waals surface area contributed by atoms with E-state index in [1.165, 1.54) is 30.4 Å². The summed E-state index contributed by atoms with van der Waals surface area (Å²) in [5, 5.41) is 0. The summed E-state index contributed by atoms with van der Waals surface area (Å²) in [5.74, 6) is 2.30. The number of benzene rings is 1. The Morgan fingerprint density at radius 1 is 1.22 bits per heavy atom. The highest BCUT2D eigenvalue weighted by Crippen LogP contribution is 2.28. The molecular formula is C15H16ClNO. The molecule has 3 rings (SSSR count). The van der Waals surface area contributed by atoms with Crippen LogP contribution in [0.4, 0.5) is 0 Å². The van der Waals surface area contributed by atoms with Crippen LogP contribution in [0.15, 0.2) is 28.8 Å². The summed E-state index contributed by atoms with van der Waals surface area (Å²) in [7, 11) is 0. The number of oxazole rings is 1. The van der Waals surface area contributed by atoms with Gasteiger partial charge in [0.25, 0.3) is 0 Å². The van der Waals surface area contributed by atoms with Crippen molar-refractivity contribution in [2.45, 2.75) is 32.1 Å². The second-order valence-electron chi connectivity index (χ2n) is 4.75. The standard InChI is InChI=1S/C15H16ClNO/c16-8-2-5-15-17-10-14(18-15)13-7-6-11-3-1-4-12(11)9-13/h6-7,9-10H,1-5,8H2. The number of fused-ring (bicyclic) bond motifs is 1. The van der Waals surface area contributed by atoms with Crippen LogP contribution >= 0.6 is 11.6 Å². The monoisotopic (exact) mass is 261 g/mol. The summed E-state index contributed by atoms with van der Waals surface area (Å²) >= 11 is 5.67. The van der Waals surface area contributed by atoms with E-state index in [0.29, 0.717) is 5.88 Å². The van der Waals surface area contributed by atoms with Gasteiger partial charge >= 0.3 is 0 Å². The Balaban J connectivity index is 1.83. The first-order valence-electron chi connectivity index (χ1n) is 6.49. The lowest BCUT2D eigenvalue weighted by Gasteiger charge is -2.01. The molecule has 0 unspecified atom stereocenters. The molecule has 1 aromatic heterocycles. The summed E-state index contributed by atoms with van der Waals surface area (Å²) in [5.41, 5.74) is 4.09. The van der Waals surface area contributed by atoms with Gasteiger partial charge in [0, 0.05) is 17.9 Å². The van der Waals surface area contributed by atoms with Crippen LogP contribution < -0.4 is 0 Å². The number of nitrogens with zero attached hydrogens (tertiary/aromatic N) is 1. The van der Waals surface area contributed by atoms with Crippen molar-refractivity contribution >= 4 is 11.6 Å². The molecule has 0 bridgehead atoms. The fourth-order valence-corrected chi connectivity index (χ4v) is 2.64. The van der Waals surface area contributed by atoms with Gasteiger partial charge in [0.15, 0.2) is 11.7 Å². The average Bonchev–Trinajstić information content (AvgIpc) is 3.04. The number of hydrogen-bond acceptors (Lipinski definition) is 2. The molecular weight excluding hydrogens is 246 g/mol. The van der Waals surface area contributed by atoms with Gasteiger partial charge in [-0.2, -0.15) is 0 Å². The van der Waals surface area contributed by atoms with E-state index in [2.05, 4.69) is 23.2 Å². The highest BCUT2D eigenvalue weighted by molar-refractivity contribution is 6.17. The normalized spacial score (nSPS) is 13.8. The van der Waals surface area contributed by atoms with Gasteiger partial charge in [0.05, 0.1) is 6.20 Å². The Morgan fingerprint density at radius 2 is 2.11 bits per heavy atom. The molecule has 0 atom stereocenters. The van der Waals surface area contributed by atoms with Gasteiger partial charge < -0.3 is 4.42 Å². The molecule has 1 aliphatic carbocycles. The van der Waals surface area contributed by atoms with E-state index in [9.17, 15) is 0 Å². The lowest BCUT2D eigenvalue weighted by atomic mass is 10.1. The van der Waals surface area contributed by atoms with Gasteiger partial charge in [0.2, 0.25) is 0 Å². The van der Waals surface area contributed by atoms with E-state index in [1.54, 1.807) is 0 Å². The molecule has 1 aromatic carbocycles. The maximum Gasteiger partial charge on any atom is 0.194 e. The van der Waals surface area contributed by atoms with Gasteiger partial charge in [-0.25, -0.2) is 4.98 Å². The van der Waals surface area contributed by atoms with E-state index in [-0.39, 0.29) is 0 Å². The first kappa shape index (κ1) is 11.8. The van der Waals surface area contributed by atoms with Crippen molar-refractivity contribution in [3.05, 3.63) is 41.4 Å². The summed E-state index contributed by atoms with van der Waals surface area (Å²) in [6.45, 7) is 0. The fraction of sp³-hybridized carbons (Fsp3) is 0.400. The van der Waals surface area contributed by atoms with Crippen LogP contribution in [-0.2, 0) is 19.3 Å². The van der Waals surface area contributed by atoms with Gasteiger partial charge in [-0.05, 0) is 42.9 Å². The maximum absolute atomic E-state index is 5.76. The van der Waals surface area contributed by atoms with Gasteiger partial charge in [-0.3, -0.25) is 0 Å². The van der Waals surface area contributed by atoms with E-state index in [4.69, 9.17) is 16.0 Å². The molecule has 0 radical (unpaired) electrons. The van der Waals surface area contributed by atoms with Gasteiger partial charge in [-0.15, -0.1) is 11.6 Å². The highest BCUT2D eigenvalue weighted by atomic mass is 35.5. The smallest absolute Gasteiger partial charge is 0.194 e. The Labute approximate surface area is 112 Å². The van der Waals surface area contributed by atoms with Crippen molar-refractivity contribution < 1.29 is 4.42 Å². The van der Waals surface area contributed by atoms with E-state index in [1.807, 2.05) is 6.20 Å². The molecule has 0 saturated carbocycles. The number of halogens is 1. The first-order chi connectivity index (χ1) is 8.86. The average molecular weight is 262 g/mol. The summed E-state index contributed by atoms with van der Waals surface area (Å²) in [6, 6.07) is 6.60. The van der Waals surface area contributed by atoms with Crippen LogP contribution in [-0.4, -0.2) is 10.9 Å². The molecule has 0 spiro atoms. The molecule has 2 nitrogen and oxygen atoms in total. The second kappa shape index (κ2) is 5.15. The van der Waals surface area contributed by atoms with Crippen LogP contribution in [0, 0.1) is 0 Å². The van der Waals surface area contributed by atoms with Crippen molar-refractivity contribution in [3.63, 3.8) is 0 Å². The maximum atomic E-state index is 5.76. The molecule has 3 heteroatoms. The minimum Gasteiger partial charge on any atom is -0.441 e. The second-order valence-corrected chi connectivity index (χ2v) is 5.13. The third-order valence-corrected chi connectivity index (χ3v) is 3.73. The molecule has 1 aliphatic rings. The molecule has 0 amide bonds. The molecule has 18 heavy (non-hydrogen) atoms. The topological polar surface area (TPSA) is 26.0 Å². The van der Waals surface area contributed by atoms with Crippen LogP contribution in [0.25, 0.3) is 11.3 Å². The molecule has 0 aliphatic heterocycles. The van der Waals surface area contributed by atoms with Crippen molar-refractivity contribution in [2.24, 2.45) is 0 Å². The fourth-order valence-electron chi connectivity index (χ4n) is 2.50. The van der Waals surface area contributed by atoms with Crippen LogP contribution in [0.1, 0.15) is 29.9 Å². The minimum atomic E-state index is 0.649. The Bertz CT molecular complexity index is 547. The zero-order chi connectivity index (χ0) is 12.4. The number of hydrogen-bond donors (Lipinski definition) is 0. The van der Waals surface area contributed by atoms with Crippen LogP contribution in [0.2, 0.25) is 0 Å². The van der Waals surface area contributed by atoms with Gasteiger partial charge in [0.1, 0.15) is 0 Å². The zero-order valence-electron chi connectivity index (χ0n) is 10.3. The Hall–Kier alpha value is -1.28. The molecule has 0 N–H and O–H groups in total. The van der Waals surface area contributed by atoms with Gasteiger partial charge in [-0.1, -0.05) is 12.1 Å². The lowest BCUT2D eigenvalue weighted by Crippen LogP contribution is -1.85. The van der Waals surface area contributed by atoms with Crippen molar-refractivity contribution in [1.82, 2.24) is 4.98 Å². The quantitative estimate of drug-likeness (QED) is 0.778. The largest absolute Gasteiger partial charge is 0.441 e. The highest BCUT2D eigenvalue weighted by Gasteiger charge is 2.13. The summed E-state index contributed by atoms with van der Waals surface area (Å²) in [6.07, 6.45) is 7.22. The Kier molecular flexibility index (Phi) is 3.37. The van der Waals surface area contributed by atoms with Crippen LogP contribution in [0.5, 0.6) is 0 Å². The molecule has 0 fully saturated rings. The predicted octanol–water partition coefficient (Wildman–Crippen LogP) is 4.00. The molecule has 0 saturated heterocycles. The summed E-state index contributed by atoms with van der Waals surface area (Å²) in [4.78, 5) is 4.30. The number of aryl methyl sites for hydroxylation is 3. The van der Waals surface area contributed by atoms with Crippen molar-refractivity contribution in [2.75, 3.05) is 5.88 Å². The first-order valence-corrected chi connectivity index (χ1v) is 7.03. The minimum absolute atomic E-state index is 0.649. The zero-order valence-corrected chi connectivity index (χ0v) is 11.0. The summed E-state index contributed by atoms with van der Waals surface area (Å²) < 4.78 is 5.76. The van der Waals surface area contributed by atoms with Crippen molar-refractivity contribution in [3.8, 4) is 11.3 Å². The van der Waals surface area contributed by atoms with E-state index < -0.39 is 0 Å². The third-order valence-electron chi connectivity index (χ3n) is 3.46. The number of rotatable bonds is 4. The van der Waals surface area contributed by atoms with E-state index in [0.717, 1.165) is 30.1 Å². The molecule has 2 aromatic rings. The molecule has 1 heterocycles. The SMILES string of the molecule is ClCCCc1ncc(-c2ccc3c(c2)CCC3)o1. The lowest BCUT2D eigenvalue weighted by molar-refractivity contribution is 0.503. The van der Waals surface area contributed by atoms with Crippen molar-refractivity contribution in [1.29, 1.82) is 0 Å². The molecule has 94 valence electrons. The third kappa shape index (κ3) is 2.30. The number of alkyl halides is 1. The van der Waals surface area contributed by atoms with E-state index >= 15 is 0 Å². The van der Waals surface area contributed by atoms with Crippen LogP contribution in [0.3, 0.4) is 0 Å². The predicted molar refractivity (Wildman–Crippen MR) is 73.0 cm³/mol. The Morgan fingerprint density at radius 3 is 3.00 bits per heavy atom.